The predicted octanol–water partition coefficient (Wildman–Crippen LogP) is 2.84. The summed E-state index contributed by atoms with van der Waals surface area (Å²) in [5, 5.41) is 1.29. The fraction of sp³-hybridized carbons (Fsp3) is 0.562. The van der Waals surface area contributed by atoms with Crippen molar-refractivity contribution in [1.29, 1.82) is 0 Å². The van der Waals surface area contributed by atoms with E-state index in [1.807, 2.05) is 0 Å². The molecule has 5 heteroatoms. The molecule has 1 aromatic carbocycles. The lowest BCUT2D eigenvalue weighted by Crippen LogP contribution is -2.48. The van der Waals surface area contributed by atoms with Crippen molar-refractivity contribution in [2.45, 2.75) is 20.0 Å². The third-order valence-corrected chi connectivity index (χ3v) is 4.81. The summed E-state index contributed by atoms with van der Waals surface area (Å²) >= 11 is 1.60. The summed E-state index contributed by atoms with van der Waals surface area (Å²) < 4.78 is 11.6. The Hall–Kier alpha value is -1.17. The number of rotatable bonds is 5. The van der Waals surface area contributed by atoms with E-state index in [0.717, 1.165) is 45.1 Å². The number of hydrogen-bond donors (Lipinski definition) is 0. The van der Waals surface area contributed by atoms with Gasteiger partial charge in [-0.3, -0.25) is 4.90 Å². The zero-order valence-corrected chi connectivity index (χ0v) is 13.6. The van der Waals surface area contributed by atoms with Crippen molar-refractivity contribution in [3.05, 3.63) is 24.3 Å². The fourth-order valence-electron chi connectivity index (χ4n) is 2.94. The van der Waals surface area contributed by atoms with Crippen LogP contribution in [0.25, 0.3) is 10.1 Å². The number of anilines is 1. The number of fused-ring (bicyclic) bond motifs is 1. The molecule has 3 rings (SSSR count). The highest BCUT2D eigenvalue weighted by Gasteiger charge is 2.21. The Morgan fingerprint density at radius 1 is 1.24 bits per heavy atom. The van der Waals surface area contributed by atoms with E-state index in [9.17, 15) is 0 Å². The molecule has 0 saturated carbocycles. The summed E-state index contributed by atoms with van der Waals surface area (Å²) in [7, 11) is 0. The summed E-state index contributed by atoms with van der Waals surface area (Å²) in [6, 6.07) is 8.51. The molecule has 0 amide bonds. The molecule has 0 bridgehead atoms. The Labute approximate surface area is 130 Å². The summed E-state index contributed by atoms with van der Waals surface area (Å²) in [6.45, 7) is 10.3. The molecule has 114 valence electrons. The van der Waals surface area contributed by atoms with Crippen LogP contribution in [0.3, 0.4) is 0 Å². The second-order valence-corrected chi connectivity index (χ2v) is 6.36. The van der Waals surface area contributed by atoms with Gasteiger partial charge in [0.2, 0.25) is 0 Å². The van der Waals surface area contributed by atoms with Gasteiger partial charge in [0.05, 0.1) is 10.8 Å². The largest absolute Gasteiger partial charge is 0.377 e. The highest BCUT2D eigenvalue weighted by atomic mass is 32.1. The maximum absolute atomic E-state index is 5.64. The smallest absolute Gasteiger partial charge is 0.150 e. The van der Waals surface area contributed by atoms with E-state index in [0.29, 0.717) is 6.10 Å². The molecule has 1 atom stereocenters. The molecular weight excluding hydrogens is 282 g/mol. The van der Waals surface area contributed by atoms with Crippen LogP contribution >= 0.6 is 11.5 Å². The van der Waals surface area contributed by atoms with Gasteiger partial charge in [-0.15, -0.1) is 0 Å². The van der Waals surface area contributed by atoms with Crippen LogP contribution in [-0.2, 0) is 4.74 Å². The summed E-state index contributed by atoms with van der Waals surface area (Å²) in [5.74, 6) is 1.16. The van der Waals surface area contributed by atoms with Crippen molar-refractivity contribution in [3.8, 4) is 0 Å². The average molecular weight is 305 g/mol. The van der Waals surface area contributed by atoms with E-state index in [4.69, 9.17) is 4.74 Å². The average Bonchev–Trinajstić information content (AvgIpc) is 2.92. The van der Waals surface area contributed by atoms with Crippen LogP contribution in [0.4, 0.5) is 5.82 Å². The van der Waals surface area contributed by atoms with Gasteiger partial charge in [-0.05, 0) is 37.5 Å². The summed E-state index contributed by atoms with van der Waals surface area (Å²) in [5.41, 5.74) is 0. The lowest BCUT2D eigenvalue weighted by molar-refractivity contribution is 0.0442. The van der Waals surface area contributed by atoms with Crippen LogP contribution < -0.4 is 4.90 Å². The van der Waals surface area contributed by atoms with E-state index in [2.05, 4.69) is 52.3 Å². The Balaban J connectivity index is 1.61. The fourth-order valence-corrected chi connectivity index (χ4v) is 3.74. The molecule has 0 N–H and O–H groups in total. The quantitative estimate of drug-likeness (QED) is 0.849. The van der Waals surface area contributed by atoms with Gasteiger partial charge in [-0.1, -0.05) is 12.1 Å². The standard InChI is InChI=1S/C16H23N3OS/c1-3-20-13(2)12-18-8-10-19(11-9-18)16-14-6-4-5-7-15(14)21-17-16/h4-7,13H,3,8-12H2,1-2H3. The van der Waals surface area contributed by atoms with Gasteiger partial charge < -0.3 is 9.64 Å². The first-order valence-electron chi connectivity index (χ1n) is 7.71. The van der Waals surface area contributed by atoms with Crippen LogP contribution in [-0.4, -0.2) is 54.7 Å². The number of aromatic nitrogens is 1. The van der Waals surface area contributed by atoms with Crippen molar-refractivity contribution in [2.75, 3.05) is 44.2 Å². The third-order valence-electron chi connectivity index (χ3n) is 4.00. The second-order valence-electron chi connectivity index (χ2n) is 5.56. The zero-order chi connectivity index (χ0) is 14.7. The predicted molar refractivity (Wildman–Crippen MR) is 89.4 cm³/mol. The molecule has 21 heavy (non-hydrogen) atoms. The molecule has 0 spiro atoms. The first-order chi connectivity index (χ1) is 10.3. The topological polar surface area (TPSA) is 28.6 Å². The van der Waals surface area contributed by atoms with Crippen molar-refractivity contribution < 1.29 is 4.74 Å². The minimum Gasteiger partial charge on any atom is -0.377 e. The Bertz CT molecular complexity index is 578. The lowest BCUT2D eigenvalue weighted by Gasteiger charge is -2.36. The molecule has 1 aliphatic heterocycles. The van der Waals surface area contributed by atoms with Crippen LogP contribution in [0.1, 0.15) is 13.8 Å². The lowest BCUT2D eigenvalue weighted by atomic mass is 10.2. The van der Waals surface area contributed by atoms with Gasteiger partial charge in [-0.25, -0.2) is 0 Å². The minimum atomic E-state index is 0.321. The van der Waals surface area contributed by atoms with Crippen LogP contribution in [0, 0.1) is 0 Å². The maximum Gasteiger partial charge on any atom is 0.150 e. The van der Waals surface area contributed by atoms with Gasteiger partial charge in [-0.2, -0.15) is 4.37 Å². The summed E-state index contributed by atoms with van der Waals surface area (Å²) in [4.78, 5) is 4.91. The summed E-state index contributed by atoms with van der Waals surface area (Å²) in [6.07, 6.45) is 0.321. The Morgan fingerprint density at radius 3 is 2.76 bits per heavy atom. The van der Waals surface area contributed by atoms with Gasteiger partial charge >= 0.3 is 0 Å². The second kappa shape index (κ2) is 6.73. The van der Waals surface area contributed by atoms with Crippen molar-refractivity contribution in [3.63, 3.8) is 0 Å². The van der Waals surface area contributed by atoms with Gasteiger partial charge in [0.25, 0.3) is 0 Å². The first-order valence-corrected chi connectivity index (χ1v) is 8.48. The van der Waals surface area contributed by atoms with Crippen LogP contribution in [0.2, 0.25) is 0 Å². The number of hydrogen-bond acceptors (Lipinski definition) is 5. The van der Waals surface area contributed by atoms with Crippen molar-refractivity contribution in [1.82, 2.24) is 9.27 Å². The Morgan fingerprint density at radius 2 is 2.00 bits per heavy atom. The van der Waals surface area contributed by atoms with E-state index >= 15 is 0 Å². The monoisotopic (exact) mass is 305 g/mol. The zero-order valence-electron chi connectivity index (χ0n) is 12.8. The van der Waals surface area contributed by atoms with E-state index in [1.165, 1.54) is 10.1 Å². The Kier molecular flexibility index (Phi) is 4.73. The highest BCUT2D eigenvalue weighted by Crippen LogP contribution is 2.29. The molecule has 4 nitrogen and oxygen atoms in total. The molecule has 2 aromatic rings. The first kappa shape index (κ1) is 14.8. The van der Waals surface area contributed by atoms with Gasteiger partial charge in [0, 0.05) is 44.7 Å². The molecule has 1 aromatic heterocycles. The highest BCUT2D eigenvalue weighted by molar-refractivity contribution is 7.13. The van der Waals surface area contributed by atoms with Crippen LogP contribution in [0.15, 0.2) is 24.3 Å². The van der Waals surface area contributed by atoms with Crippen LogP contribution in [0.5, 0.6) is 0 Å². The third kappa shape index (κ3) is 3.36. The molecule has 1 aliphatic rings. The van der Waals surface area contributed by atoms with Crippen molar-refractivity contribution in [2.24, 2.45) is 0 Å². The number of benzene rings is 1. The number of ether oxygens (including phenoxy) is 1. The molecule has 2 heterocycles. The van der Waals surface area contributed by atoms with Gasteiger partial charge in [0.15, 0.2) is 0 Å². The van der Waals surface area contributed by atoms with Gasteiger partial charge in [0.1, 0.15) is 5.82 Å². The van der Waals surface area contributed by atoms with Crippen molar-refractivity contribution >= 4 is 27.4 Å². The molecule has 1 unspecified atom stereocenters. The minimum absolute atomic E-state index is 0.321. The molecule has 0 aliphatic carbocycles. The number of nitrogens with zero attached hydrogens (tertiary/aromatic N) is 3. The van der Waals surface area contributed by atoms with E-state index in [-0.39, 0.29) is 0 Å². The normalized spacial score (nSPS) is 18.3. The van der Waals surface area contributed by atoms with E-state index in [1.54, 1.807) is 11.5 Å². The molecule has 0 radical (unpaired) electrons. The maximum atomic E-state index is 5.64. The number of piperazine rings is 1. The molecule has 1 fully saturated rings. The molecule has 1 saturated heterocycles. The molecular formula is C16H23N3OS. The van der Waals surface area contributed by atoms with E-state index < -0.39 is 0 Å². The SMILES string of the molecule is CCOC(C)CN1CCN(c2nsc3ccccc23)CC1.